The first kappa shape index (κ1) is 8.85. The molecule has 0 aromatic rings. The van der Waals surface area contributed by atoms with Crippen molar-refractivity contribution in [3.8, 4) is 6.07 Å². The molecule has 12 heavy (non-hydrogen) atoms. The number of hydrogen-bond donors (Lipinski definition) is 2. The number of nitrogens with one attached hydrogen (secondary N) is 2. The summed E-state index contributed by atoms with van der Waals surface area (Å²) in [6.45, 7) is 2.20. The van der Waals surface area contributed by atoms with Crippen molar-refractivity contribution < 1.29 is 4.79 Å². The lowest BCUT2D eigenvalue weighted by Gasteiger charge is -2.06. The Labute approximate surface area is 71.9 Å². The van der Waals surface area contributed by atoms with Gasteiger partial charge in [0.2, 0.25) is 0 Å². The summed E-state index contributed by atoms with van der Waals surface area (Å²) in [7, 11) is 0. The molecule has 0 aromatic heterocycles. The largest absolute Gasteiger partial charge is 0.337 e. The first-order chi connectivity index (χ1) is 5.72. The highest BCUT2D eigenvalue weighted by atomic mass is 16.2. The highest BCUT2D eigenvalue weighted by Crippen LogP contribution is 2.18. The van der Waals surface area contributed by atoms with Crippen molar-refractivity contribution in [3.63, 3.8) is 0 Å². The molecule has 2 amide bonds. The van der Waals surface area contributed by atoms with Crippen LogP contribution in [0.4, 0.5) is 4.79 Å². The molecule has 1 fully saturated rings. The summed E-state index contributed by atoms with van der Waals surface area (Å²) in [5.74, 6) is -0.116. The van der Waals surface area contributed by atoms with E-state index >= 15 is 0 Å². The monoisotopic (exact) mass is 167 g/mol. The Morgan fingerprint density at radius 2 is 2.42 bits per heavy atom. The SMILES string of the molecule is CC(C#N)CNC(=O)NC1CC1. The summed E-state index contributed by atoms with van der Waals surface area (Å²) in [6, 6.07) is 2.27. The highest BCUT2D eigenvalue weighted by molar-refractivity contribution is 5.74. The van der Waals surface area contributed by atoms with Gasteiger partial charge >= 0.3 is 6.03 Å². The predicted octanol–water partition coefficient (Wildman–Crippen LogP) is 0.608. The van der Waals surface area contributed by atoms with E-state index in [-0.39, 0.29) is 11.9 Å². The molecule has 4 heteroatoms. The number of carbonyl (C=O) groups excluding carboxylic acids is 1. The third-order valence-corrected chi connectivity index (χ3v) is 1.70. The standard InChI is InChI=1S/C8H13N3O/c1-6(4-9)5-10-8(12)11-7-2-3-7/h6-7H,2-3,5H2,1H3,(H2,10,11,12). The van der Waals surface area contributed by atoms with Gasteiger partial charge in [0.25, 0.3) is 0 Å². The van der Waals surface area contributed by atoms with E-state index in [9.17, 15) is 4.79 Å². The van der Waals surface area contributed by atoms with E-state index in [2.05, 4.69) is 10.6 Å². The van der Waals surface area contributed by atoms with Crippen molar-refractivity contribution in [2.24, 2.45) is 5.92 Å². The van der Waals surface area contributed by atoms with Crippen LogP contribution >= 0.6 is 0 Å². The third-order valence-electron chi connectivity index (χ3n) is 1.70. The third kappa shape index (κ3) is 3.24. The van der Waals surface area contributed by atoms with E-state index in [1.165, 1.54) is 0 Å². The molecule has 4 nitrogen and oxygen atoms in total. The van der Waals surface area contributed by atoms with E-state index in [1.54, 1.807) is 6.92 Å². The lowest BCUT2D eigenvalue weighted by molar-refractivity contribution is 0.239. The van der Waals surface area contributed by atoms with Gasteiger partial charge in [0.15, 0.2) is 0 Å². The number of amides is 2. The van der Waals surface area contributed by atoms with Gasteiger partial charge in [-0.15, -0.1) is 0 Å². The minimum Gasteiger partial charge on any atom is -0.337 e. The number of nitriles is 1. The highest BCUT2D eigenvalue weighted by Gasteiger charge is 2.22. The van der Waals surface area contributed by atoms with Gasteiger partial charge in [-0.1, -0.05) is 0 Å². The Morgan fingerprint density at radius 3 is 2.92 bits per heavy atom. The van der Waals surface area contributed by atoms with E-state index < -0.39 is 0 Å². The fraction of sp³-hybridized carbons (Fsp3) is 0.750. The maximum Gasteiger partial charge on any atom is 0.315 e. The molecule has 1 atom stereocenters. The molecule has 2 N–H and O–H groups in total. The molecule has 0 aliphatic heterocycles. The van der Waals surface area contributed by atoms with Crippen LogP contribution < -0.4 is 10.6 Å². The summed E-state index contributed by atoms with van der Waals surface area (Å²) < 4.78 is 0. The first-order valence-corrected chi connectivity index (χ1v) is 4.16. The molecule has 0 radical (unpaired) electrons. The van der Waals surface area contributed by atoms with Crippen molar-refractivity contribution in [2.45, 2.75) is 25.8 Å². The minimum atomic E-state index is -0.153. The summed E-state index contributed by atoms with van der Waals surface area (Å²) in [6.07, 6.45) is 2.17. The zero-order valence-electron chi connectivity index (χ0n) is 7.13. The van der Waals surface area contributed by atoms with Gasteiger partial charge in [-0.25, -0.2) is 4.79 Å². The van der Waals surface area contributed by atoms with E-state index in [0.29, 0.717) is 12.6 Å². The molecule has 1 rings (SSSR count). The quantitative estimate of drug-likeness (QED) is 0.646. The van der Waals surface area contributed by atoms with Crippen LogP contribution in [0, 0.1) is 17.2 Å². The van der Waals surface area contributed by atoms with E-state index in [1.807, 2.05) is 6.07 Å². The van der Waals surface area contributed by atoms with E-state index in [0.717, 1.165) is 12.8 Å². The molecule has 1 unspecified atom stereocenters. The minimum absolute atomic E-state index is 0.116. The topological polar surface area (TPSA) is 64.9 Å². The van der Waals surface area contributed by atoms with Crippen molar-refractivity contribution >= 4 is 6.03 Å². The van der Waals surface area contributed by atoms with Crippen molar-refractivity contribution in [1.82, 2.24) is 10.6 Å². The number of rotatable bonds is 3. The second kappa shape index (κ2) is 3.96. The van der Waals surface area contributed by atoms with Crippen molar-refractivity contribution in [3.05, 3.63) is 0 Å². The molecule has 1 aliphatic carbocycles. The zero-order chi connectivity index (χ0) is 8.97. The Morgan fingerprint density at radius 1 is 1.75 bits per heavy atom. The van der Waals surface area contributed by atoms with Gasteiger partial charge in [0.05, 0.1) is 12.0 Å². The smallest absolute Gasteiger partial charge is 0.315 e. The molecule has 1 saturated carbocycles. The number of nitrogens with zero attached hydrogens (tertiary/aromatic N) is 1. The number of urea groups is 1. The number of hydrogen-bond acceptors (Lipinski definition) is 2. The summed E-state index contributed by atoms with van der Waals surface area (Å²) in [5, 5.41) is 13.8. The molecule has 0 saturated heterocycles. The Kier molecular flexibility index (Phi) is 2.92. The lowest BCUT2D eigenvalue weighted by atomic mass is 10.2. The fourth-order valence-corrected chi connectivity index (χ4v) is 0.756. The van der Waals surface area contributed by atoms with Crippen molar-refractivity contribution in [1.29, 1.82) is 5.26 Å². The molecule has 0 bridgehead atoms. The summed E-state index contributed by atoms with van der Waals surface area (Å²) >= 11 is 0. The van der Waals surface area contributed by atoms with Gasteiger partial charge in [-0.3, -0.25) is 0 Å². The van der Waals surface area contributed by atoms with E-state index in [4.69, 9.17) is 5.26 Å². The normalized spacial score (nSPS) is 17.7. The van der Waals surface area contributed by atoms with Crippen LogP contribution in [-0.2, 0) is 0 Å². The van der Waals surface area contributed by atoms with Crippen LogP contribution in [0.3, 0.4) is 0 Å². The second-order valence-electron chi connectivity index (χ2n) is 3.16. The predicted molar refractivity (Wildman–Crippen MR) is 44.3 cm³/mol. The van der Waals surface area contributed by atoms with Gasteiger partial charge in [-0.2, -0.15) is 5.26 Å². The Hall–Kier alpha value is -1.24. The van der Waals surface area contributed by atoms with Crippen LogP contribution in [0.2, 0.25) is 0 Å². The summed E-state index contributed by atoms with van der Waals surface area (Å²) in [5.41, 5.74) is 0. The van der Waals surface area contributed by atoms with Gasteiger partial charge in [0.1, 0.15) is 0 Å². The summed E-state index contributed by atoms with van der Waals surface area (Å²) in [4.78, 5) is 11.0. The van der Waals surface area contributed by atoms with Crippen LogP contribution in [-0.4, -0.2) is 18.6 Å². The van der Waals surface area contributed by atoms with Gasteiger partial charge in [-0.05, 0) is 19.8 Å². The first-order valence-electron chi connectivity index (χ1n) is 4.16. The maximum absolute atomic E-state index is 11.0. The fourth-order valence-electron chi connectivity index (χ4n) is 0.756. The van der Waals surface area contributed by atoms with Crippen LogP contribution in [0.15, 0.2) is 0 Å². The molecule has 66 valence electrons. The zero-order valence-corrected chi connectivity index (χ0v) is 7.13. The Balaban J connectivity index is 2.05. The molecular formula is C8H13N3O. The van der Waals surface area contributed by atoms with Crippen LogP contribution in [0.5, 0.6) is 0 Å². The molecule has 0 spiro atoms. The maximum atomic E-state index is 11.0. The number of carbonyl (C=O) groups is 1. The van der Waals surface area contributed by atoms with Gasteiger partial charge in [0, 0.05) is 12.6 Å². The van der Waals surface area contributed by atoms with Crippen LogP contribution in [0.25, 0.3) is 0 Å². The average molecular weight is 167 g/mol. The van der Waals surface area contributed by atoms with Gasteiger partial charge < -0.3 is 10.6 Å². The molecule has 0 heterocycles. The Bertz CT molecular complexity index is 205. The molecule has 1 aliphatic rings. The second-order valence-corrected chi connectivity index (χ2v) is 3.16. The molecule has 0 aromatic carbocycles. The average Bonchev–Trinajstić information content (AvgIpc) is 2.84. The lowest BCUT2D eigenvalue weighted by Crippen LogP contribution is -2.38. The van der Waals surface area contributed by atoms with Crippen molar-refractivity contribution in [2.75, 3.05) is 6.54 Å². The molecular weight excluding hydrogens is 154 g/mol. The van der Waals surface area contributed by atoms with Crippen LogP contribution in [0.1, 0.15) is 19.8 Å².